The molecule has 0 saturated heterocycles. The van der Waals surface area contributed by atoms with E-state index in [4.69, 9.17) is 10.8 Å². The minimum atomic E-state index is -0.947. The number of benzene rings is 1. The van der Waals surface area contributed by atoms with E-state index in [-0.39, 0.29) is 5.56 Å². The molecule has 0 aromatic heterocycles. The molecule has 1 aromatic rings. The van der Waals surface area contributed by atoms with Gasteiger partial charge in [-0.2, -0.15) is 0 Å². The zero-order chi connectivity index (χ0) is 8.43. The molecule has 0 unspecified atom stereocenters. The van der Waals surface area contributed by atoms with Gasteiger partial charge in [0, 0.05) is 5.69 Å². The van der Waals surface area contributed by atoms with Crippen LogP contribution in [0.3, 0.4) is 0 Å². The van der Waals surface area contributed by atoms with Crippen molar-refractivity contribution in [1.29, 1.82) is 0 Å². The molecule has 0 heterocycles. The summed E-state index contributed by atoms with van der Waals surface area (Å²) < 4.78 is 0. The normalized spacial score (nSPS) is 9.45. The summed E-state index contributed by atoms with van der Waals surface area (Å²) in [6, 6.07) is 4.69. The third kappa shape index (κ3) is 1.52. The highest BCUT2D eigenvalue weighted by Gasteiger charge is 2.02. The predicted octanol–water partition coefficient (Wildman–Crippen LogP) is -0.775. The first-order valence-corrected chi connectivity index (χ1v) is 3.20. The molecule has 3 nitrogen and oxygen atoms in total. The first-order valence-electron chi connectivity index (χ1n) is 3.20. The monoisotopic (exact) mass is 149 g/mol. The van der Waals surface area contributed by atoms with Crippen LogP contribution in [0.2, 0.25) is 0 Å². The smallest absolute Gasteiger partial charge is 0.335 e. The van der Waals surface area contributed by atoms with Crippen LogP contribution in [0.5, 0.6) is 0 Å². The topological polar surface area (TPSA) is 63.3 Å². The van der Waals surface area contributed by atoms with Crippen LogP contribution in [0.4, 0.5) is 5.69 Å². The van der Waals surface area contributed by atoms with Gasteiger partial charge < -0.3 is 10.8 Å². The van der Waals surface area contributed by atoms with Crippen LogP contribution in [-0.2, 0) is 0 Å². The summed E-state index contributed by atoms with van der Waals surface area (Å²) in [7, 11) is 1.83. The number of rotatable bonds is 1. The summed E-state index contributed by atoms with van der Waals surface area (Å²) in [5, 5.41) is 8.54. The first kappa shape index (κ1) is 7.66. The Balaban J connectivity index is 3.15. The average Bonchev–Trinajstić information content (AvgIpc) is 1.94. The van der Waals surface area contributed by atoms with Gasteiger partial charge in [0.15, 0.2) is 0 Å². The maximum atomic E-state index is 10.4. The van der Waals surface area contributed by atoms with Crippen molar-refractivity contribution in [2.75, 3.05) is 5.73 Å². The van der Waals surface area contributed by atoms with Crippen LogP contribution < -0.4 is 11.2 Å². The fourth-order valence-electron chi connectivity index (χ4n) is 0.774. The molecule has 3 N–H and O–H groups in total. The van der Waals surface area contributed by atoms with E-state index in [2.05, 4.69) is 0 Å². The second-order valence-corrected chi connectivity index (χ2v) is 2.38. The Kier molecular flexibility index (Phi) is 1.85. The van der Waals surface area contributed by atoms with Gasteiger partial charge in [-0.1, -0.05) is 11.5 Å². The molecule has 1 aromatic carbocycles. The van der Waals surface area contributed by atoms with Crippen LogP contribution in [0.25, 0.3) is 0 Å². The fraction of sp³-hybridized carbons (Fsp3) is 0. The molecule has 0 aliphatic carbocycles. The quantitative estimate of drug-likeness (QED) is 0.406. The summed E-state index contributed by atoms with van der Waals surface area (Å²) >= 11 is 0. The Morgan fingerprint density at radius 2 is 2.18 bits per heavy atom. The molecule has 11 heavy (non-hydrogen) atoms. The molecular formula is C7H8BNO2. The van der Waals surface area contributed by atoms with Gasteiger partial charge in [0.25, 0.3) is 0 Å². The number of carbonyl (C=O) groups is 1. The number of nitrogens with two attached hydrogens (primary N) is 1. The SMILES string of the molecule is Bc1ccc(C(=O)O)cc1N. The van der Waals surface area contributed by atoms with Gasteiger partial charge in [-0.15, -0.1) is 0 Å². The second kappa shape index (κ2) is 2.66. The summed E-state index contributed by atoms with van der Waals surface area (Å²) in [5.41, 5.74) is 7.14. The molecule has 0 radical (unpaired) electrons. The van der Waals surface area contributed by atoms with Gasteiger partial charge in [-0.25, -0.2) is 4.79 Å². The van der Waals surface area contributed by atoms with E-state index in [0.29, 0.717) is 5.69 Å². The van der Waals surface area contributed by atoms with Gasteiger partial charge in [0.2, 0.25) is 0 Å². The van der Waals surface area contributed by atoms with E-state index in [0.717, 1.165) is 5.46 Å². The van der Waals surface area contributed by atoms with E-state index in [9.17, 15) is 4.79 Å². The Bertz CT molecular complexity index is 298. The fourth-order valence-corrected chi connectivity index (χ4v) is 0.774. The highest BCUT2D eigenvalue weighted by molar-refractivity contribution is 6.35. The standard InChI is InChI=1S/C7H8BNO2/c8-5-2-1-4(7(10)11)3-6(5)9/h1-3H,8-9H2,(H,10,11). The number of hydrogen-bond acceptors (Lipinski definition) is 2. The van der Waals surface area contributed by atoms with Crippen molar-refractivity contribution in [1.82, 2.24) is 0 Å². The molecule has 0 aliphatic rings. The number of carboxylic acids is 1. The summed E-state index contributed by atoms with van der Waals surface area (Å²) in [6.45, 7) is 0. The number of carboxylic acid groups (broad SMARTS) is 1. The zero-order valence-electron chi connectivity index (χ0n) is 6.16. The van der Waals surface area contributed by atoms with E-state index in [1.54, 1.807) is 6.07 Å². The highest BCUT2D eigenvalue weighted by atomic mass is 16.4. The molecule has 0 aliphatic heterocycles. The van der Waals surface area contributed by atoms with Crippen molar-refractivity contribution in [3.63, 3.8) is 0 Å². The third-order valence-electron chi connectivity index (χ3n) is 1.53. The van der Waals surface area contributed by atoms with E-state index in [1.165, 1.54) is 12.1 Å². The van der Waals surface area contributed by atoms with Gasteiger partial charge in [0.1, 0.15) is 7.85 Å². The van der Waals surface area contributed by atoms with E-state index < -0.39 is 5.97 Å². The van der Waals surface area contributed by atoms with Crippen LogP contribution >= 0.6 is 0 Å². The molecule has 56 valence electrons. The lowest BCUT2D eigenvalue weighted by Gasteiger charge is -1.99. The lowest BCUT2D eigenvalue weighted by molar-refractivity contribution is 0.0697. The Hall–Kier alpha value is -1.45. The minimum Gasteiger partial charge on any atom is -0.478 e. The van der Waals surface area contributed by atoms with Gasteiger partial charge >= 0.3 is 5.97 Å². The van der Waals surface area contributed by atoms with Gasteiger partial charge in [-0.05, 0) is 12.1 Å². The predicted molar refractivity (Wildman–Crippen MR) is 46.0 cm³/mol. The maximum Gasteiger partial charge on any atom is 0.335 e. The molecular weight excluding hydrogens is 141 g/mol. The van der Waals surface area contributed by atoms with Crippen LogP contribution in [0, 0.1) is 0 Å². The Morgan fingerprint density at radius 1 is 1.55 bits per heavy atom. The van der Waals surface area contributed by atoms with E-state index in [1.807, 2.05) is 7.85 Å². The molecule has 0 bridgehead atoms. The number of hydrogen-bond donors (Lipinski definition) is 2. The summed E-state index contributed by atoms with van der Waals surface area (Å²) in [5.74, 6) is -0.947. The van der Waals surface area contributed by atoms with E-state index >= 15 is 0 Å². The van der Waals surface area contributed by atoms with Crippen molar-refractivity contribution in [2.24, 2.45) is 0 Å². The van der Waals surface area contributed by atoms with Crippen LogP contribution in [-0.4, -0.2) is 18.9 Å². The largest absolute Gasteiger partial charge is 0.478 e. The van der Waals surface area contributed by atoms with Crippen molar-refractivity contribution in [2.45, 2.75) is 0 Å². The lowest BCUT2D eigenvalue weighted by atomic mass is 9.93. The molecule has 0 amide bonds. The Morgan fingerprint density at radius 3 is 2.64 bits per heavy atom. The third-order valence-corrected chi connectivity index (χ3v) is 1.53. The minimum absolute atomic E-state index is 0.230. The van der Waals surface area contributed by atoms with Crippen molar-refractivity contribution < 1.29 is 9.90 Å². The van der Waals surface area contributed by atoms with Crippen LogP contribution in [0.15, 0.2) is 18.2 Å². The molecule has 0 saturated carbocycles. The van der Waals surface area contributed by atoms with Crippen molar-refractivity contribution in [3.8, 4) is 0 Å². The molecule has 0 fully saturated rings. The number of anilines is 1. The number of nitrogen functional groups attached to an aromatic ring is 1. The lowest BCUT2D eigenvalue weighted by Crippen LogP contribution is -2.11. The maximum absolute atomic E-state index is 10.4. The van der Waals surface area contributed by atoms with Crippen LogP contribution in [0.1, 0.15) is 10.4 Å². The first-order chi connectivity index (χ1) is 5.11. The van der Waals surface area contributed by atoms with Crippen molar-refractivity contribution >= 4 is 25.0 Å². The molecule has 0 spiro atoms. The second-order valence-electron chi connectivity index (χ2n) is 2.38. The average molecular weight is 149 g/mol. The van der Waals surface area contributed by atoms with Gasteiger partial charge in [0.05, 0.1) is 5.56 Å². The highest BCUT2D eigenvalue weighted by Crippen LogP contribution is 2.02. The molecule has 4 heteroatoms. The Labute approximate surface area is 65.2 Å². The van der Waals surface area contributed by atoms with Gasteiger partial charge in [-0.3, -0.25) is 0 Å². The number of aromatic carboxylic acids is 1. The molecule has 1 rings (SSSR count). The van der Waals surface area contributed by atoms with Crippen molar-refractivity contribution in [3.05, 3.63) is 23.8 Å². The zero-order valence-corrected chi connectivity index (χ0v) is 6.16. The summed E-state index contributed by atoms with van der Waals surface area (Å²) in [6.07, 6.45) is 0. The molecule has 0 atom stereocenters. The summed E-state index contributed by atoms with van der Waals surface area (Å²) in [4.78, 5) is 10.4.